The van der Waals surface area contributed by atoms with E-state index in [0.717, 1.165) is 32.9 Å². The van der Waals surface area contributed by atoms with E-state index in [-0.39, 0.29) is 5.75 Å². The van der Waals surface area contributed by atoms with Crippen molar-refractivity contribution in [2.24, 2.45) is 4.99 Å². The molecule has 1 N–H and O–H groups in total. The van der Waals surface area contributed by atoms with Gasteiger partial charge in [-0.2, -0.15) is 0 Å². The molecule has 4 rings (SSSR count). The van der Waals surface area contributed by atoms with Crippen LogP contribution in [0, 0.1) is 0 Å². The standard InChI is InChI=1S/C21H17Br2NO2/c1-2-26-18-10-16(22)20(23)15(21(18)25)11-24-17-9-8-13-7-6-12-4-3-5-14(17)19(12)13/h3-5,8-11,25H,2,6-7H2,1H3. The molecule has 0 fully saturated rings. The predicted octanol–water partition coefficient (Wildman–Crippen LogP) is 6.32. The van der Waals surface area contributed by atoms with Crippen molar-refractivity contribution in [2.75, 3.05) is 6.61 Å². The van der Waals surface area contributed by atoms with E-state index in [1.165, 1.54) is 16.5 Å². The van der Waals surface area contributed by atoms with Crippen LogP contribution in [0.1, 0.15) is 23.6 Å². The highest BCUT2D eigenvalue weighted by molar-refractivity contribution is 9.13. The lowest BCUT2D eigenvalue weighted by atomic mass is 10.0. The van der Waals surface area contributed by atoms with Gasteiger partial charge in [0.05, 0.1) is 17.9 Å². The van der Waals surface area contributed by atoms with Gasteiger partial charge in [-0.25, -0.2) is 0 Å². The van der Waals surface area contributed by atoms with Crippen LogP contribution in [0.3, 0.4) is 0 Å². The van der Waals surface area contributed by atoms with E-state index in [2.05, 4.69) is 67.2 Å². The molecule has 0 spiro atoms. The van der Waals surface area contributed by atoms with E-state index in [4.69, 9.17) is 4.74 Å². The number of aliphatic imine (C=N–C) groups is 1. The highest BCUT2D eigenvalue weighted by Gasteiger charge is 2.17. The van der Waals surface area contributed by atoms with Gasteiger partial charge in [-0.15, -0.1) is 0 Å². The largest absolute Gasteiger partial charge is 0.504 e. The van der Waals surface area contributed by atoms with Gasteiger partial charge in [0.2, 0.25) is 0 Å². The summed E-state index contributed by atoms with van der Waals surface area (Å²) < 4.78 is 7.06. The quantitative estimate of drug-likeness (QED) is 0.449. The lowest BCUT2D eigenvalue weighted by molar-refractivity contribution is 0.317. The van der Waals surface area contributed by atoms with Gasteiger partial charge >= 0.3 is 0 Å². The molecule has 0 bridgehead atoms. The number of phenols is 1. The zero-order chi connectivity index (χ0) is 18.3. The number of phenolic OH excluding ortho intramolecular Hbond substituents is 1. The van der Waals surface area contributed by atoms with Crippen molar-refractivity contribution in [3.63, 3.8) is 0 Å². The van der Waals surface area contributed by atoms with Crippen LogP contribution in [0.25, 0.3) is 10.8 Å². The average molecular weight is 475 g/mol. The number of nitrogens with zero attached hydrogens (tertiary/aromatic N) is 1. The molecule has 0 atom stereocenters. The summed E-state index contributed by atoms with van der Waals surface area (Å²) in [6.45, 7) is 2.36. The molecule has 0 radical (unpaired) electrons. The van der Waals surface area contributed by atoms with Crippen molar-refractivity contribution in [1.82, 2.24) is 0 Å². The number of aryl methyl sites for hydroxylation is 2. The number of ether oxygens (including phenoxy) is 1. The summed E-state index contributed by atoms with van der Waals surface area (Å²) >= 11 is 7.01. The Labute approximate surface area is 169 Å². The molecule has 3 aromatic carbocycles. The molecule has 0 aliphatic heterocycles. The van der Waals surface area contributed by atoms with Gasteiger partial charge in [0.25, 0.3) is 0 Å². The van der Waals surface area contributed by atoms with Crippen molar-refractivity contribution in [2.45, 2.75) is 19.8 Å². The summed E-state index contributed by atoms with van der Waals surface area (Å²) in [7, 11) is 0. The summed E-state index contributed by atoms with van der Waals surface area (Å²) in [5.41, 5.74) is 4.27. The van der Waals surface area contributed by atoms with Crippen molar-refractivity contribution >= 4 is 54.5 Å². The van der Waals surface area contributed by atoms with Crippen LogP contribution < -0.4 is 4.74 Å². The van der Waals surface area contributed by atoms with Gasteiger partial charge < -0.3 is 9.84 Å². The third-order valence-electron chi connectivity index (χ3n) is 4.68. The van der Waals surface area contributed by atoms with Crippen LogP contribution in [0.4, 0.5) is 5.69 Å². The molecule has 0 saturated carbocycles. The summed E-state index contributed by atoms with van der Waals surface area (Å²) in [6.07, 6.45) is 3.87. The maximum Gasteiger partial charge on any atom is 0.167 e. The lowest BCUT2D eigenvalue weighted by Crippen LogP contribution is -1.96. The zero-order valence-electron chi connectivity index (χ0n) is 14.2. The third-order valence-corrected chi connectivity index (χ3v) is 6.69. The molecule has 1 aliphatic rings. The smallest absolute Gasteiger partial charge is 0.167 e. The molecule has 0 unspecified atom stereocenters. The van der Waals surface area contributed by atoms with E-state index < -0.39 is 0 Å². The second kappa shape index (κ2) is 7.05. The minimum atomic E-state index is 0.0802. The maximum absolute atomic E-state index is 10.5. The fourth-order valence-electron chi connectivity index (χ4n) is 3.47. The first-order valence-electron chi connectivity index (χ1n) is 8.51. The minimum absolute atomic E-state index is 0.0802. The molecule has 26 heavy (non-hydrogen) atoms. The van der Waals surface area contributed by atoms with Crippen LogP contribution in [0.15, 0.2) is 50.3 Å². The Bertz CT molecular complexity index is 1030. The Hall–Kier alpha value is -1.85. The van der Waals surface area contributed by atoms with Crippen LogP contribution in [-0.4, -0.2) is 17.9 Å². The first-order chi connectivity index (χ1) is 12.6. The zero-order valence-corrected chi connectivity index (χ0v) is 17.4. The third kappa shape index (κ3) is 2.93. The maximum atomic E-state index is 10.5. The molecular formula is C21H17Br2NO2. The van der Waals surface area contributed by atoms with Crippen molar-refractivity contribution < 1.29 is 9.84 Å². The molecule has 3 aromatic rings. The monoisotopic (exact) mass is 473 g/mol. The van der Waals surface area contributed by atoms with E-state index in [1.54, 1.807) is 12.3 Å². The Kier molecular flexibility index (Phi) is 4.76. The Morgan fingerprint density at radius 2 is 1.92 bits per heavy atom. The molecule has 132 valence electrons. The first-order valence-corrected chi connectivity index (χ1v) is 10.1. The van der Waals surface area contributed by atoms with Crippen molar-refractivity contribution in [3.8, 4) is 11.5 Å². The molecule has 0 heterocycles. The summed E-state index contributed by atoms with van der Waals surface area (Å²) in [4.78, 5) is 4.69. The molecule has 1 aliphatic carbocycles. The van der Waals surface area contributed by atoms with Crippen molar-refractivity contribution in [3.05, 3.63) is 62.0 Å². The van der Waals surface area contributed by atoms with Crippen LogP contribution in [0.2, 0.25) is 0 Å². The topological polar surface area (TPSA) is 41.8 Å². The van der Waals surface area contributed by atoms with Gasteiger partial charge in [0.15, 0.2) is 11.5 Å². The number of hydrogen-bond acceptors (Lipinski definition) is 3. The fourth-order valence-corrected chi connectivity index (χ4v) is 4.30. The summed E-state index contributed by atoms with van der Waals surface area (Å²) in [5, 5.41) is 13.0. The number of benzene rings is 3. The SMILES string of the molecule is CCOc1cc(Br)c(Br)c(C=Nc2ccc3c4c(cccc24)CC3)c1O. The van der Waals surface area contributed by atoms with Crippen LogP contribution in [0.5, 0.6) is 11.5 Å². The molecule has 5 heteroatoms. The van der Waals surface area contributed by atoms with Gasteiger partial charge in [-0.05, 0) is 80.3 Å². The van der Waals surface area contributed by atoms with E-state index >= 15 is 0 Å². The molecule has 0 saturated heterocycles. The number of aromatic hydroxyl groups is 1. The predicted molar refractivity (Wildman–Crippen MR) is 113 cm³/mol. The minimum Gasteiger partial charge on any atom is -0.504 e. The van der Waals surface area contributed by atoms with Gasteiger partial charge in [-0.1, -0.05) is 24.3 Å². The molecule has 0 aromatic heterocycles. The first kappa shape index (κ1) is 17.6. The second-order valence-electron chi connectivity index (χ2n) is 6.21. The fraction of sp³-hybridized carbons (Fsp3) is 0.190. The normalized spacial score (nSPS) is 13.0. The van der Waals surface area contributed by atoms with E-state index in [1.807, 2.05) is 6.92 Å². The Morgan fingerprint density at radius 1 is 1.15 bits per heavy atom. The van der Waals surface area contributed by atoms with Gasteiger partial charge in [-0.3, -0.25) is 4.99 Å². The Balaban J connectivity index is 1.82. The molecule has 0 amide bonds. The highest BCUT2D eigenvalue weighted by atomic mass is 79.9. The number of hydrogen-bond donors (Lipinski definition) is 1. The van der Waals surface area contributed by atoms with Crippen LogP contribution in [-0.2, 0) is 12.8 Å². The summed E-state index contributed by atoms with van der Waals surface area (Å²) in [5.74, 6) is 0.515. The highest BCUT2D eigenvalue weighted by Crippen LogP contribution is 2.41. The van der Waals surface area contributed by atoms with Crippen molar-refractivity contribution in [1.29, 1.82) is 0 Å². The van der Waals surface area contributed by atoms with E-state index in [9.17, 15) is 5.11 Å². The number of rotatable bonds is 4. The van der Waals surface area contributed by atoms with Gasteiger partial charge in [0.1, 0.15) is 0 Å². The summed E-state index contributed by atoms with van der Waals surface area (Å²) in [6, 6.07) is 12.4. The van der Waals surface area contributed by atoms with Gasteiger partial charge in [0, 0.05) is 20.5 Å². The lowest BCUT2D eigenvalue weighted by Gasteiger charge is -2.11. The molecular weight excluding hydrogens is 458 g/mol. The second-order valence-corrected chi connectivity index (χ2v) is 7.85. The average Bonchev–Trinajstić information content (AvgIpc) is 3.06. The number of halogens is 2. The van der Waals surface area contributed by atoms with Crippen LogP contribution >= 0.6 is 31.9 Å². The Morgan fingerprint density at radius 3 is 2.69 bits per heavy atom. The van der Waals surface area contributed by atoms with E-state index in [0.29, 0.717) is 17.9 Å². The molecule has 3 nitrogen and oxygen atoms in total.